The number of H-pyrrole nitrogens is 1. The molecule has 0 amide bonds. The van der Waals surface area contributed by atoms with Crippen LogP contribution in [0, 0.1) is 4.77 Å². The van der Waals surface area contributed by atoms with Crippen molar-refractivity contribution < 1.29 is 0 Å². The smallest absolute Gasteiger partial charge is 0.195 e. The molecule has 0 atom stereocenters. The van der Waals surface area contributed by atoms with E-state index in [1.807, 2.05) is 17.7 Å². The maximum atomic E-state index is 5.03. The molecule has 2 aromatic rings. The highest BCUT2D eigenvalue weighted by Gasteiger charge is 2.08. The molecule has 0 spiro atoms. The zero-order valence-electron chi connectivity index (χ0n) is 7.36. The Balaban J connectivity index is 2.66. The quantitative estimate of drug-likeness (QED) is 0.809. The van der Waals surface area contributed by atoms with E-state index < -0.39 is 0 Å². The van der Waals surface area contributed by atoms with Crippen LogP contribution in [-0.2, 0) is 7.05 Å². The van der Waals surface area contributed by atoms with Crippen LogP contribution in [0.25, 0.3) is 11.4 Å². The summed E-state index contributed by atoms with van der Waals surface area (Å²) < 4.78 is 3.32. The van der Waals surface area contributed by atoms with E-state index in [0.29, 0.717) is 4.77 Å². The zero-order chi connectivity index (χ0) is 10.1. The van der Waals surface area contributed by atoms with Crippen LogP contribution >= 0.6 is 28.1 Å². The molecule has 0 aliphatic heterocycles. The van der Waals surface area contributed by atoms with Gasteiger partial charge in [0.1, 0.15) is 0 Å². The molecule has 2 rings (SSSR count). The third-order valence-corrected chi connectivity index (χ3v) is 2.89. The molecule has 0 aliphatic carbocycles. The molecule has 6 heteroatoms. The first-order valence-corrected chi connectivity index (χ1v) is 5.11. The number of nitrogens with zero attached hydrogens (tertiary/aromatic N) is 3. The van der Waals surface area contributed by atoms with Crippen LogP contribution in [0.5, 0.6) is 0 Å². The van der Waals surface area contributed by atoms with E-state index in [2.05, 4.69) is 31.1 Å². The summed E-state index contributed by atoms with van der Waals surface area (Å²) in [5, 5.41) is 6.87. The van der Waals surface area contributed by atoms with E-state index in [9.17, 15) is 0 Å². The Bertz CT molecular complexity index is 516. The maximum Gasteiger partial charge on any atom is 0.195 e. The number of aromatic nitrogens is 4. The van der Waals surface area contributed by atoms with Crippen molar-refractivity contribution in [3.8, 4) is 11.4 Å². The Hall–Kier alpha value is -1.01. The summed E-state index contributed by atoms with van der Waals surface area (Å²) in [4.78, 5) is 3.99. The van der Waals surface area contributed by atoms with Gasteiger partial charge in [-0.05, 0) is 34.2 Å². The Morgan fingerprint density at radius 3 is 2.93 bits per heavy atom. The molecule has 2 aromatic heterocycles. The lowest BCUT2D eigenvalue weighted by molar-refractivity contribution is 0.901. The van der Waals surface area contributed by atoms with Gasteiger partial charge in [0.25, 0.3) is 0 Å². The number of rotatable bonds is 1. The first kappa shape index (κ1) is 9.54. The Labute approximate surface area is 94.1 Å². The van der Waals surface area contributed by atoms with Crippen molar-refractivity contribution >= 4 is 28.1 Å². The average Bonchev–Trinajstić information content (AvgIpc) is 2.49. The van der Waals surface area contributed by atoms with E-state index in [4.69, 9.17) is 12.2 Å². The number of pyridine rings is 1. The van der Waals surface area contributed by atoms with E-state index in [0.717, 1.165) is 15.9 Å². The highest BCUT2D eigenvalue weighted by molar-refractivity contribution is 9.10. The van der Waals surface area contributed by atoms with Gasteiger partial charge in [-0.1, -0.05) is 0 Å². The van der Waals surface area contributed by atoms with Crippen molar-refractivity contribution in [3.05, 3.63) is 27.7 Å². The summed E-state index contributed by atoms with van der Waals surface area (Å²) in [7, 11) is 1.87. The zero-order valence-corrected chi connectivity index (χ0v) is 9.76. The lowest BCUT2D eigenvalue weighted by atomic mass is 10.2. The number of aromatic amines is 1. The first-order chi connectivity index (χ1) is 6.70. The molecule has 14 heavy (non-hydrogen) atoms. The van der Waals surface area contributed by atoms with Gasteiger partial charge in [-0.2, -0.15) is 5.10 Å². The van der Waals surface area contributed by atoms with E-state index >= 15 is 0 Å². The summed E-state index contributed by atoms with van der Waals surface area (Å²) in [5.41, 5.74) is 0.967. The molecule has 2 heterocycles. The summed E-state index contributed by atoms with van der Waals surface area (Å²) in [5.74, 6) is 0.796. The van der Waals surface area contributed by atoms with Gasteiger partial charge >= 0.3 is 0 Å². The Morgan fingerprint density at radius 1 is 1.57 bits per heavy atom. The van der Waals surface area contributed by atoms with Gasteiger partial charge in [-0.15, -0.1) is 0 Å². The molecule has 0 saturated carbocycles. The van der Waals surface area contributed by atoms with E-state index in [1.165, 1.54) is 0 Å². The van der Waals surface area contributed by atoms with Crippen molar-refractivity contribution in [3.63, 3.8) is 0 Å². The van der Waals surface area contributed by atoms with Crippen molar-refractivity contribution in [1.82, 2.24) is 19.7 Å². The number of nitrogens with one attached hydrogen (secondary N) is 1. The maximum absolute atomic E-state index is 5.03. The molecule has 0 unspecified atom stereocenters. The molecule has 0 fully saturated rings. The fourth-order valence-electron chi connectivity index (χ4n) is 1.14. The van der Waals surface area contributed by atoms with Crippen molar-refractivity contribution in [2.24, 2.45) is 7.05 Å². The largest absolute Gasteiger partial charge is 0.303 e. The lowest BCUT2D eigenvalue weighted by Gasteiger charge is -2.01. The minimum atomic E-state index is 0.601. The SMILES string of the molecule is Cn1c(-c2ccncc2Br)n[nH]c1=S. The van der Waals surface area contributed by atoms with Gasteiger partial charge in [0.15, 0.2) is 10.6 Å². The fraction of sp³-hybridized carbons (Fsp3) is 0.125. The van der Waals surface area contributed by atoms with Crippen LogP contribution in [0.3, 0.4) is 0 Å². The van der Waals surface area contributed by atoms with Gasteiger partial charge < -0.3 is 4.57 Å². The van der Waals surface area contributed by atoms with Crippen LogP contribution in [0.15, 0.2) is 22.9 Å². The van der Waals surface area contributed by atoms with Crippen LogP contribution < -0.4 is 0 Å². The number of hydrogen-bond donors (Lipinski definition) is 1. The minimum absolute atomic E-state index is 0.601. The summed E-state index contributed by atoms with van der Waals surface area (Å²) in [6, 6.07) is 1.88. The second-order valence-electron chi connectivity index (χ2n) is 2.77. The summed E-state index contributed by atoms with van der Waals surface area (Å²) in [6.07, 6.45) is 3.45. The first-order valence-electron chi connectivity index (χ1n) is 3.91. The van der Waals surface area contributed by atoms with Gasteiger partial charge in [0.2, 0.25) is 0 Å². The number of hydrogen-bond acceptors (Lipinski definition) is 3. The van der Waals surface area contributed by atoms with Gasteiger partial charge in [0, 0.05) is 29.5 Å². The molecule has 0 saturated heterocycles. The molecular weight excluding hydrogens is 264 g/mol. The van der Waals surface area contributed by atoms with Gasteiger partial charge in [0.05, 0.1) is 0 Å². The average molecular weight is 271 g/mol. The highest BCUT2D eigenvalue weighted by Crippen LogP contribution is 2.24. The Morgan fingerprint density at radius 2 is 2.36 bits per heavy atom. The van der Waals surface area contributed by atoms with E-state index in [-0.39, 0.29) is 0 Å². The predicted molar refractivity (Wildman–Crippen MR) is 59.3 cm³/mol. The fourth-order valence-corrected chi connectivity index (χ4v) is 1.70. The third kappa shape index (κ3) is 1.51. The minimum Gasteiger partial charge on any atom is -0.303 e. The molecule has 0 aromatic carbocycles. The normalized spacial score (nSPS) is 10.4. The van der Waals surface area contributed by atoms with Crippen LogP contribution in [0.1, 0.15) is 0 Å². The second-order valence-corrected chi connectivity index (χ2v) is 4.01. The predicted octanol–water partition coefficient (Wildman–Crippen LogP) is 2.30. The molecule has 1 N–H and O–H groups in total. The summed E-state index contributed by atoms with van der Waals surface area (Å²) in [6.45, 7) is 0. The monoisotopic (exact) mass is 270 g/mol. The van der Waals surface area contributed by atoms with E-state index in [1.54, 1.807) is 12.4 Å². The number of halogens is 1. The standard InChI is InChI=1S/C8H7BrN4S/c1-13-7(11-12-8(13)14)5-2-3-10-4-6(5)9/h2-4H,1H3,(H,12,14). The van der Waals surface area contributed by atoms with Crippen molar-refractivity contribution in [2.45, 2.75) is 0 Å². The molecule has 0 radical (unpaired) electrons. The van der Waals surface area contributed by atoms with Crippen molar-refractivity contribution in [2.75, 3.05) is 0 Å². The highest BCUT2D eigenvalue weighted by atomic mass is 79.9. The lowest BCUT2D eigenvalue weighted by Crippen LogP contribution is -1.93. The third-order valence-electron chi connectivity index (χ3n) is 1.89. The summed E-state index contributed by atoms with van der Waals surface area (Å²) >= 11 is 8.44. The molecule has 72 valence electrons. The van der Waals surface area contributed by atoms with Crippen molar-refractivity contribution in [1.29, 1.82) is 0 Å². The molecule has 0 bridgehead atoms. The van der Waals surface area contributed by atoms with Gasteiger partial charge in [-0.25, -0.2) is 0 Å². The molecule has 4 nitrogen and oxygen atoms in total. The Kier molecular flexibility index (Phi) is 2.47. The van der Waals surface area contributed by atoms with Gasteiger partial charge in [-0.3, -0.25) is 10.1 Å². The topological polar surface area (TPSA) is 46.5 Å². The van der Waals surface area contributed by atoms with Crippen LogP contribution in [0.2, 0.25) is 0 Å². The van der Waals surface area contributed by atoms with Crippen LogP contribution in [-0.4, -0.2) is 19.7 Å². The van der Waals surface area contributed by atoms with Crippen LogP contribution in [0.4, 0.5) is 0 Å². The second kappa shape index (κ2) is 3.62. The molecule has 0 aliphatic rings. The molecular formula is C8H7BrN4S.